The summed E-state index contributed by atoms with van der Waals surface area (Å²) in [4.78, 5) is 30.3. The molecule has 8 heteroatoms. The minimum absolute atomic E-state index is 0.127. The third-order valence-corrected chi connectivity index (χ3v) is 6.74. The maximum atomic E-state index is 13.8. The fraction of sp³-hybridized carbons (Fsp3) is 0.259. The van der Waals surface area contributed by atoms with Crippen LogP contribution in [0.25, 0.3) is 10.8 Å². The van der Waals surface area contributed by atoms with Crippen molar-refractivity contribution in [1.29, 1.82) is 0 Å². The van der Waals surface area contributed by atoms with Crippen LogP contribution in [0.1, 0.15) is 11.1 Å². The van der Waals surface area contributed by atoms with E-state index in [4.69, 9.17) is 0 Å². The van der Waals surface area contributed by atoms with Crippen molar-refractivity contribution >= 4 is 22.6 Å². The van der Waals surface area contributed by atoms with Crippen molar-refractivity contribution in [3.8, 4) is 11.5 Å². The van der Waals surface area contributed by atoms with Gasteiger partial charge in [-0.25, -0.2) is 10.4 Å². The predicted octanol–water partition coefficient (Wildman–Crippen LogP) is 2.37. The van der Waals surface area contributed by atoms with Gasteiger partial charge in [0.2, 0.25) is 11.8 Å². The molecule has 3 aromatic rings. The molecule has 0 bridgehead atoms. The zero-order valence-corrected chi connectivity index (χ0v) is 19.3. The van der Waals surface area contributed by atoms with Crippen LogP contribution in [0.15, 0.2) is 73.3 Å². The number of hydrogen-bond acceptors (Lipinski definition) is 6. The van der Waals surface area contributed by atoms with Crippen LogP contribution in [0.5, 0.6) is 11.5 Å². The Balaban J connectivity index is 1.49. The second-order valence-electron chi connectivity index (χ2n) is 8.96. The molecule has 0 spiro atoms. The number of piperazine rings is 1. The first-order valence-electron chi connectivity index (χ1n) is 11.6. The molecule has 2 fully saturated rings. The van der Waals surface area contributed by atoms with E-state index in [1.165, 1.54) is 12.1 Å². The molecule has 8 nitrogen and oxygen atoms in total. The highest BCUT2D eigenvalue weighted by molar-refractivity contribution is 5.92. The predicted molar refractivity (Wildman–Crippen MR) is 132 cm³/mol. The number of phenolic OH excluding ortho intramolecular Hbond substituents is 2. The molecule has 35 heavy (non-hydrogen) atoms. The van der Waals surface area contributed by atoms with E-state index in [-0.39, 0.29) is 42.4 Å². The molecule has 0 saturated carbocycles. The smallest absolute Gasteiger partial charge is 0.246 e. The van der Waals surface area contributed by atoms with E-state index in [9.17, 15) is 19.8 Å². The molecule has 2 saturated heterocycles. The van der Waals surface area contributed by atoms with Gasteiger partial charge in [0.1, 0.15) is 12.2 Å². The van der Waals surface area contributed by atoms with Crippen molar-refractivity contribution in [3.63, 3.8) is 0 Å². The van der Waals surface area contributed by atoms with Crippen LogP contribution in [0.4, 0.5) is 0 Å². The summed E-state index contributed by atoms with van der Waals surface area (Å²) in [6.07, 6.45) is 1.63. The van der Waals surface area contributed by atoms with Crippen molar-refractivity contribution < 1.29 is 19.8 Å². The first-order valence-corrected chi connectivity index (χ1v) is 11.6. The molecule has 3 aromatic carbocycles. The highest BCUT2D eigenvalue weighted by atomic mass is 16.3. The maximum absolute atomic E-state index is 13.8. The molecule has 2 amide bonds. The van der Waals surface area contributed by atoms with E-state index in [0.717, 1.165) is 16.3 Å². The van der Waals surface area contributed by atoms with Crippen LogP contribution in [-0.4, -0.2) is 68.7 Å². The molecule has 0 radical (unpaired) electrons. The number of nitrogens with one attached hydrogen (secondary N) is 1. The van der Waals surface area contributed by atoms with Crippen LogP contribution in [0.3, 0.4) is 0 Å². The van der Waals surface area contributed by atoms with Gasteiger partial charge in [0.05, 0.1) is 13.1 Å². The van der Waals surface area contributed by atoms with Gasteiger partial charge in [0.25, 0.3) is 0 Å². The van der Waals surface area contributed by atoms with Crippen LogP contribution in [0.2, 0.25) is 0 Å². The lowest BCUT2D eigenvalue weighted by atomic mass is 9.98. The van der Waals surface area contributed by atoms with Crippen molar-refractivity contribution in [3.05, 3.63) is 84.4 Å². The number of carbonyl (C=O) groups is 2. The summed E-state index contributed by atoms with van der Waals surface area (Å²) in [6.45, 7) is 5.20. The number of carbonyl (C=O) groups excluding carboxylic acids is 2. The van der Waals surface area contributed by atoms with Gasteiger partial charge in [-0.15, -0.1) is 6.58 Å². The van der Waals surface area contributed by atoms with Crippen LogP contribution < -0.4 is 5.43 Å². The minimum atomic E-state index is -0.726. The SMILES string of the molecule is C=CCNN1CC(=O)N2[C@@H]1CN(Cc1cccc3ccccc13)C(=O)[C@@H]2Cc1ccc(O)c(O)c1. The van der Waals surface area contributed by atoms with E-state index >= 15 is 0 Å². The molecule has 180 valence electrons. The van der Waals surface area contributed by atoms with Gasteiger partial charge >= 0.3 is 0 Å². The number of rotatable bonds is 7. The van der Waals surface area contributed by atoms with Gasteiger partial charge in [-0.3, -0.25) is 9.59 Å². The first kappa shape index (κ1) is 22.9. The topological polar surface area (TPSA) is 96.4 Å². The molecule has 2 heterocycles. The zero-order valence-electron chi connectivity index (χ0n) is 19.3. The van der Waals surface area contributed by atoms with Crippen LogP contribution in [-0.2, 0) is 22.6 Å². The average Bonchev–Trinajstić information content (AvgIpc) is 3.17. The third-order valence-electron chi connectivity index (χ3n) is 6.74. The normalized spacial score (nSPS) is 20.5. The standard InChI is InChI=1S/C27H28N4O4/c1-2-12-28-30-17-26(34)31-22(13-18-10-11-23(32)24(33)14-18)27(35)29(16-25(30)31)15-20-8-5-7-19-6-3-4-9-21(19)20/h2-11,14,22,25,28,32-33H,1,12-13,15-17H2/t22-,25+/m0/s1. The van der Waals surface area contributed by atoms with Gasteiger partial charge in [-0.2, -0.15) is 0 Å². The summed E-state index contributed by atoms with van der Waals surface area (Å²) in [5.74, 6) is -0.744. The second-order valence-corrected chi connectivity index (χ2v) is 8.96. The van der Waals surface area contributed by atoms with E-state index in [1.54, 1.807) is 17.0 Å². The molecule has 5 rings (SSSR count). The fourth-order valence-electron chi connectivity index (χ4n) is 5.06. The Kier molecular flexibility index (Phi) is 6.15. The number of hydrazine groups is 1. The third kappa shape index (κ3) is 4.34. The summed E-state index contributed by atoms with van der Waals surface area (Å²) < 4.78 is 0. The summed E-state index contributed by atoms with van der Waals surface area (Å²) in [5, 5.41) is 23.7. The molecule has 3 N–H and O–H groups in total. The van der Waals surface area contributed by atoms with Gasteiger partial charge in [-0.1, -0.05) is 54.6 Å². The van der Waals surface area contributed by atoms with Crippen LogP contribution in [0, 0.1) is 0 Å². The first-order chi connectivity index (χ1) is 17.0. The fourth-order valence-corrected chi connectivity index (χ4v) is 5.06. The van der Waals surface area contributed by atoms with Crippen molar-refractivity contribution in [2.45, 2.75) is 25.2 Å². The minimum Gasteiger partial charge on any atom is -0.504 e. The number of fused-ring (bicyclic) bond motifs is 2. The molecule has 2 aliphatic heterocycles. The molecule has 0 aromatic heterocycles. The second kappa shape index (κ2) is 9.40. The van der Waals surface area contributed by atoms with Gasteiger partial charge < -0.3 is 20.0 Å². The van der Waals surface area contributed by atoms with Crippen molar-refractivity contribution in [2.75, 3.05) is 19.6 Å². The molecule has 2 atom stereocenters. The Morgan fingerprint density at radius 3 is 2.63 bits per heavy atom. The lowest BCUT2D eigenvalue weighted by Gasteiger charge is -2.44. The molecule has 0 unspecified atom stereocenters. The van der Waals surface area contributed by atoms with Gasteiger partial charge in [0.15, 0.2) is 11.5 Å². The van der Waals surface area contributed by atoms with E-state index in [1.807, 2.05) is 34.2 Å². The molecular formula is C27H28N4O4. The Bertz CT molecular complexity index is 1290. The maximum Gasteiger partial charge on any atom is 0.246 e. The van der Waals surface area contributed by atoms with Crippen molar-refractivity contribution in [2.24, 2.45) is 0 Å². The lowest BCUT2D eigenvalue weighted by Crippen LogP contribution is -2.64. The van der Waals surface area contributed by atoms with E-state index < -0.39 is 6.04 Å². The number of nitrogens with zero attached hydrogens (tertiary/aromatic N) is 3. The Morgan fingerprint density at radius 2 is 1.83 bits per heavy atom. The summed E-state index contributed by atoms with van der Waals surface area (Å²) in [5.41, 5.74) is 4.94. The Hall–Kier alpha value is -3.88. The van der Waals surface area contributed by atoms with Crippen molar-refractivity contribution in [1.82, 2.24) is 20.2 Å². The monoisotopic (exact) mass is 472 g/mol. The van der Waals surface area contributed by atoms with Gasteiger partial charge in [0, 0.05) is 19.5 Å². The summed E-state index contributed by atoms with van der Waals surface area (Å²) in [7, 11) is 0. The van der Waals surface area contributed by atoms with Gasteiger partial charge in [-0.05, 0) is 34.0 Å². The number of amides is 2. The number of phenols is 2. The lowest BCUT2D eigenvalue weighted by molar-refractivity contribution is -0.154. The van der Waals surface area contributed by atoms with Crippen LogP contribution >= 0.6 is 0 Å². The van der Waals surface area contributed by atoms with E-state index in [2.05, 4.69) is 30.2 Å². The molecular weight excluding hydrogens is 444 g/mol. The largest absolute Gasteiger partial charge is 0.504 e. The molecule has 2 aliphatic rings. The highest BCUT2D eigenvalue weighted by Gasteiger charge is 2.49. The Morgan fingerprint density at radius 1 is 1.03 bits per heavy atom. The number of aromatic hydroxyl groups is 2. The quantitative estimate of drug-likeness (QED) is 0.361. The number of benzene rings is 3. The summed E-state index contributed by atoms with van der Waals surface area (Å²) >= 11 is 0. The van der Waals surface area contributed by atoms with E-state index in [0.29, 0.717) is 25.2 Å². The Labute approximate surface area is 203 Å². The zero-order chi connectivity index (χ0) is 24.5. The summed E-state index contributed by atoms with van der Waals surface area (Å²) in [6, 6.07) is 17.9. The highest BCUT2D eigenvalue weighted by Crippen LogP contribution is 2.31. The number of hydrogen-bond donors (Lipinski definition) is 3. The average molecular weight is 473 g/mol. The molecule has 0 aliphatic carbocycles.